The number of nitrogens with one attached hydrogen (secondary N) is 1. The normalized spacial score (nSPS) is 12.1. The smallest absolute Gasteiger partial charge is 0.0236 e. The maximum absolute atomic E-state index is 3.55. The average molecular weight is 248 g/mol. The molecule has 18 heavy (non-hydrogen) atoms. The van der Waals surface area contributed by atoms with E-state index in [1.54, 1.807) is 0 Å². The quantitative estimate of drug-likeness (QED) is 0.831. The van der Waals surface area contributed by atoms with Gasteiger partial charge < -0.3 is 5.32 Å². The Morgan fingerprint density at radius 2 is 1.83 bits per heavy atom. The maximum atomic E-state index is 3.55. The molecule has 0 amide bonds. The van der Waals surface area contributed by atoms with Gasteiger partial charge in [0.1, 0.15) is 0 Å². The molecule has 102 valence electrons. The summed E-state index contributed by atoms with van der Waals surface area (Å²) in [6.45, 7) is 15.4. The van der Waals surface area contributed by atoms with Crippen molar-refractivity contribution in [2.24, 2.45) is 0 Å². The van der Waals surface area contributed by atoms with Gasteiger partial charge in [-0.15, -0.1) is 0 Å². The molecule has 2 heteroatoms. The molecule has 0 spiro atoms. The lowest BCUT2D eigenvalue weighted by Crippen LogP contribution is -2.41. The fourth-order valence-corrected chi connectivity index (χ4v) is 1.97. The molecule has 1 aromatic carbocycles. The van der Waals surface area contributed by atoms with Crippen LogP contribution < -0.4 is 5.32 Å². The van der Waals surface area contributed by atoms with Crippen molar-refractivity contribution in [2.75, 3.05) is 19.6 Å². The van der Waals surface area contributed by atoms with Gasteiger partial charge in [0.2, 0.25) is 0 Å². The number of hydrogen-bond donors (Lipinski definition) is 1. The van der Waals surface area contributed by atoms with E-state index in [0.717, 1.165) is 26.2 Å². The van der Waals surface area contributed by atoms with Crippen molar-refractivity contribution in [3.8, 4) is 0 Å². The van der Waals surface area contributed by atoms with Gasteiger partial charge in [-0.1, -0.05) is 31.2 Å². The van der Waals surface area contributed by atoms with E-state index in [1.165, 1.54) is 11.1 Å². The SMILES string of the molecule is CCN(CCNC(C)(C)C)Cc1ccccc1C. The highest BCUT2D eigenvalue weighted by Crippen LogP contribution is 2.10. The number of hydrogen-bond acceptors (Lipinski definition) is 2. The van der Waals surface area contributed by atoms with Gasteiger partial charge in [-0.05, 0) is 45.4 Å². The van der Waals surface area contributed by atoms with E-state index in [1.807, 2.05) is 0 Å². The first-order chi connectivity index (χ1) is 8.42. The molecule has 0 aromatic heterocycles. The molecular formula is C16H28N2. The molecule has 1 rings (SSSR count). The lowest BCUT2D eigenvalue weighted by atomic mass is 10.1. The fraction of sp³-hybridized carbons (Fsp3) is 0.625. The summed E-state index contributed by atoms with van der Waals surface area (Å²) in [4.78, 5) is 2.49. The lowest BCUT2D eigenvalue weighted by Gasteiger charge is -2.25. The van der Waals surface area contributed by atoms with E-state index in [0.29, 0.717) is 0 Å². The Labute approximate surface area is 112 Å². The van der Waals surface area contributed by atoms with Crippen LogP contribution in [0.3, 0.4) is 0 Å². The van der Waals surface area contributed by atoms with Crippen molar-refractivity contribution in [3.63, 3.8) is 0 Å². The molecule has 0 unspecified atom stereocenters. The summed E-state index contributed by atoms with van der Waals surface area (Å²) in [6, 6.07) is 8.66. The molecule has 0 bridgehead atoms. The van der Waals surface area contributed by atoms with Crippen molar-refractivity contribution in [1.29, 1.82) is 0 Å². The minimum absolute atomic E-state index is 0.210. The number of likely N-dealkylation sites (N-methyl/N-ethyl adjacent to an activating group) is 1. The second-order valence-electron chi connectivity index (χ2n) is 5.97. The monoisotopic (exact) mass is 248 g/mol. The predicted octanol–water partition coefficient (Wildman–Crippen LogP) is 3.21. The third-order valence-corrected chi connectivity index (χ3v) is 3.19. The van der Waals surface area contributed by atoms with E-state index >= 15 is 0 Å². The molecule has 0 atom stereocenters. The zero-order valence-corrected chi connectivity index (χ0v) is 12.6. The van der Waals surface area contributed by atoms with Crippen LogP contribution in [0.1, 0.15) is 38.8 Å². The van der Waals surface area contributed by atoms with Crippen LogP contribution in [0.15, 0.2) is 24.3 Å². The van der Waals surface area contributed by atoms with Crippen LogP contribution in [0, 0.1) is 6.92 Å². The first-order valence-corrected chi connectivity index (χ1v) is 6.94. The molecule has 2 nitrogen and oxygen atoms in total. The number of aryl methyl sites for hydroxylation is 1. The second kappa shape index (κ2) is 6.91. The molecule has 0 saturated carbocycles. The molecule has 1 N–H and O–H groups in total. The first kappa shape index (κ1) is 15.2. The summed E-state index contributed by atoms with van der Waals surface area (Å²) in [5, 5.41) is 3.55. The van der Waals surface area contributed by atoms with Gasteiger partial charge in [0.05, 0.1) is 0 Å². The summed E-state index contributed by atoms with van der Waals surface area (Å²) in [7, 11) is 0. The van der Waals surface area contributed by atoms with Gasteiger partial charge in [0.25, 0.3) is 0 Å². The Balaban J connectivity index is 2.45. The van der Waals surface area contributed by atoms with Crippen LogP contribution in [0.4, 0.5) is 0 Å². The lowest BCUT2D eigenvalue weighted by molar-refractivity contribution is 0.265. The minimum atomic E-state index is 0.210. The van der Waals surface area contributed by atoms with Gasteiger partial charge in [0, 0.05) is 25.2 Å². The highest BCUT2D eigenvalue weighted by atomic mass is 15.1. The van der Waals surface area contributed by atoms with E-state index in [2.05, 4.69) is 69.1 Å². The van der Waals surface area contributed by atoms with Gasteiger partial charge in [-0.25, -0.2) is 0 Å². The zero-order chi connectivity index (χ0) is 13.6. The number of rotatable bonds is 6. The van der Waals surface area contributed by atoms with Crippen LogP contribution in [-0.4, -0.2) is 30.1 Å². The largest absolute Gasteiger partial charge is 0.311 e. The third kappa shape index (κ3) is 5.65. The third-order valence-electron chi connectivity index (χ3n) is 3.19. The summed E-state index contributed by atoms with van der Waals surface area (Å²) >= 11 is 0. The highest BCUT2D eigenvalue weighted by Gasteiger charge is 2.10. The van der Waals surface area contributed by atoms with Crippen LogP contribution in [0.5, 0.6) is 0 Å². The number of nitrogens with zero attached hydrogens (tertiary/aromatic N) is 1. The summed E-state index contributed by atoms with van der Waals surface area (Å²) in [5.41, 5.74) is 3.04. The topological polar surface area (TPSA) is 15.3 Å². The van der Waals surface area contributed by atoms with Crippen LogP contribution in [-0.2, 0) is 6.54 Å². The molecule has 0 fully saturated rings. The van der Waals surface area contributed by atoms with Crippen LogP contribution in [0.2, 0.25) is 0 Å². The van der Waals surface area contributed by atoms with Gasteiger partial charge >= 0.3 is 0 Å². The Morgan fingerprint density at radius 3 is 2.39 bits per heavy atom. The standard InChI is InChI=1S/C16H28N2/c1-6-18(12-11-17-16(3,4)5)13-15-10-8-7-9-14(15)2/h7-10,17H,6,11-13H2,1-5H3. The van der Waals surface area contributed by atoms with Crippen molar-refractivity contribution in [1.82, 2.24) is 10.2 Å². The van der Waals surface area contributed by atoms with Gasteiger partial charge in [-0.3, -0.25) is 4.90 Å². The van der Waals surface area contributed by atoms with E-state index in [-0.39, 0.29) is 5.54 Å². The summed E-state index contributed by atoms with van der Waals surface area (Å²) in [6.07, 6.45) is 0. The Hall–Kier alpha value is -0.860. The summed E-state index contributed by atoms with van der Waals surface area (Å²) in [5.74, 6) is 0. The van der Waals surface area contributed by atoms with Gasteiger partial charge in [-0.2, -0.15) is 0 Å². The van der Waals surface area contributed by atoms with Crippen LogP contribution in [0.25, 0.3) is 0 Å². The maximum Gasteiger partial charge on any atom is 0.0236 e. The molecule has 0 saturated heterocycles. The van der Waals surface area contributed by atoms with Crippen molar-refractivity contribution < 1.29 is 0 Å². The highest BCUT2D eigenvalue weighted by molar-refractivity contribution is 5.25. The molecule has 0 aliphatic heterocycles. The van der Waals surface area contributed by atoms with Crippen LogP contribution >= 0.6 is 0 Å². The first-order valence-electron chi connectivity index (χ1n) is 6.94. The second-order valence-corrected chi connectivity index (χ2v) is 5.97. The molecule has 1 aromatic rings. The predicted molar refractivity (Wildman–Crippen MR) is 79.9 cm³/mol. The molecule has 0 heterocycles. The van der Waals surface area contributed by atoms with Crippen molar-refractivity contribution >= 4 is 0 Å². The van der Waals surface area contributed by atoms with E-state index in [4.69, 9.17) is 0 Å². The minimum Gasteiger partial charge on any atom is -0.311 e. The number of benzene rings is 1. The van der Waals surface area contributed by atoms with Gasteiger partial charge in [0.15, 0.2) is 0 Å². The van der Waals surface area contributed by atoms with Crippen molar-refractivity contribution in [2.45, 2.75) is 46.7 Å². The van der Waals surface area contributed by atoms with Crippen molar-refractivity contribution in [3.05, 3.63) is 35.4 Å². The van der Waals surface area contributed by atoms with E-state index < -0.39 is 0 Å². The van der Waals surface area contributed by atoms with E-state index in [9.17, 15) is 0 Å². The Bertz CT molecular complexity index is 352. The average Bonchev–Trinajstić information content (AvgIpc) is 2.29. The molecule has 0 radical (unpaired) electrons. The molecular weight excluding hydrogens is 220 g/mol. The zero-order valence-electron chi connectivity index (χ0n) is 12.6. The molecule has 0 aliphatic carbocycles. The Morgan fingerprint density at radius 1 is 1.17 bits per heavy atom. The molecule has 0 aliphatic rings. The fourth-order valence-electron chi connectivity index (χ4n) is 1.97. The summed E-state index contributed by atoms with van der Waals surface area (Å²) < 4.78 is 0. The Kier molecular flexibility index (Phi) is 5.83.